The molecule has 4 heteroatoms. The molecule has 0 saturated carbocycles. The van der Waals surface area contributed by atoms with E-state index >= 15 is 0 Å². The molecule has 0 aliphatic carbocycles. The number of hydrogen-bond donors (Lipinski definition) is 0. The Morgan fingerprint density at radius 1 is 1.53 bits per heavy atom. The summed E-state index contributed by atoms with van der Waals surface area (Å²) in [6.45, 7) is 6.01. The van der Waals surface area contributed by atoms with Gasteiger partial charge >= 0.3 is 0 Å². The number of fused-ring (bicyclic) bond motifs is 1. The Morgan fingerprint density at radius 3 is 3.07 bits per heavy atom. The third-order valence-corrected chi connectivity index (χ3v) is 4.23. The molecule has 0 N–H and O–H groups in total. The number of nitrogens with zero attached hydrogens (tertiary/aromatic N) is 2. The molecule has 2 aromatic rings. The maximum Gasteiger partial charge on any atom is 0.194 e. The first-order valence-corrected chi connectivity index (χ1v) is 6.10. The molecule has 3 rings (SSSR count). The van der Waals surface area contributed by atoms with Gasteiger partial charge in [0.15, 0.2) is 4.96 Å². The summed E-state index contributed by atoms with van der Waals surface area (Å²) in [5.41, 5.74) is 2.51. The van der Waals surface area contributed by atoms with Gasteiger partial charge in [-0.05, 0) is 20.3 Å². The van der Waals surface area contributed by atoms with E-state index in [1.165, 1.54) is 16.3 Å². The van der Waals surface area contributed by atoms with Crippen molar-refractivity contribution in [1.82, 2.24) is 9.38 Å². The van der Waals surface area contributed by atoms with Crippen molar-refractivity contribution < 1.29 is 4.74 Å². The van der Waals surface area contributed by atoms with Crippen LogP contribution >= 0.6 is 11.3 Å². The smallest absolute Gasteiger partial charge is 0.194 e. The van der Waals surface area contributed by atoms with Crippen LogP contribution in [0.2, 0.25) is 0 Å². The average Bonchev–Trinajstić information content (AvgIpc) is 2.86. The molecular weight excluding hydrogens is 208 g/mol. The molecule has 3 heterocycles. The first-order valence-electron chi connectivity index (χ1n) is 5.28. The van der Waals surface area contributed by atoms with Crippen LogP contribution in [0.15, 0.2) is 6.20 Å². The molecular formula is C11H14N2OS. The Labute approximate surface area is 92.7 Å². The standard InChI is InChI=1S/C11H14N2OS/c1-7-8(2)15-11-12-10(5-13(7)11)9-3-4-14-6-9/h5,9H,3-4,6H2,1-2H3. The molecule has 1 atom stereocenters. The lowest BCUT2D eigenvalue weighted by Crippen LogP contribution is -1.97. The number of ether oxygens (including phenoxy) is 1. The number of aryl methyl sites for hydroxylation is 2. The zero-order valence-electron chi connectivity index (χ0n) is 8.99. The van der Waals surface area contributed by atoms with E-state index in [1.54, 1.807) is 11.3 Å². The van der Waals surface area contributed by atoms with E-state index in [9.17, 15) is 0 Å². The Kier molecular flexibility index (Phi) is 2.07. The van der Waals surface area contributed by atoms with Crippen LogP contribution in [0.3, 0.4) is 0 Å². The maximum atomic E-state index is 5.39. The number of thiazole rings is 1. The molecule has 1 aliphatic heterocycles. The molecule has 0 spiro atoms. The normalized spacial score (nSPS) is 21.6. The van der Waals surface area contributed by atoms with Crippen molar-refractivity contribution in [2.45, 2.75) is 26.2 Å². The molecule has 1 fully saturated rings. The fourth-order valence-corrected chi connectivity index (χ4v) is 3.00. The van der Waals surface area contributed by atoms with Gasteiger partial charge in [-0.3, -0.25) is 4.40 Å². The molecule has 3 nitrogen and oxygen atoms in total. The van der Waals surface area contributed by atoms with Crippen molar-refractivity contribution in [3.63, 3.8) is 0 Å². The highest BCUT2D eigenvalue weighted by Gasteiger charge is 2.21. The summed E-state index contributed by atoms with van der Waals surface area (Å²) < 4.78 is 7.59. The Morgan fingerprint density at radius 2 is 2.40 bits per heavy atom. The molecule has 0 aromatic carbocycles. The predicted octanol–water partition coefficient (Wildman–Crippen LogP) is 2.52. The van der Waals surface area contributed by atoms with Gasteiger partial charge in [-0.25, -0.2) is 4.98 Å². The lowest BCUT2D eigenvalue weighted by Gasteiger charge is -2.00. The molecule has 2 aromatic heterocycles. The Hall–Kier alpha value is -0.870. The van der Waals surface area contributed by atoms with E-state index in [-0.39, 0.29) is 0 Å². The van der Waals surface area contributed by atoms with Gasteiger partial charge in [0.05, 0.1) is 12.3 Å². The van der Waals surface area contributed by atoms with Crippen molar-refractivity contribution in [2.75, 3.05) is 13.2 Å². The van der Waals surface area contributed by atoms with Crippen molar-refractivity contribution in [3.8, 4) is 0 Å². The van der Waals surface area contributed by atoms with E-state index in [2.05, 4.69) is 29.4 Å². The number of hydrogen-bond acceptors (Lipinski definition) is 3. The van der Waals surface area contributed by atoms with Crippen LogP contribution in [0.25, 0.3) is 4.96 Å². The molecule has 0 radical (unpaired) electrons. The predicted molar refractivity (Wildman–Crippen MR) is 60.7 cm³/mol. The lowest BCUT2D eigenvalue weighted by atomic mass is 10.1. The molecule has 1 unspecified atom stereocenters. The summed E-state index contributed by atoms with van der Waals surface area (Å²) in [7, 11) is 0. The van der Waals surface area contributed by atoms with Crippen molar-refractivity contribution in [2.24, 2.45) is 0 Å². The topological polar surface area (TPSA) is 26.5 Å². The second-order valence-electron chi connectivity index (χ2n) is 4.12. The minimum absolute atomic E-state index is 0.511. The van der Waals surface area contributed by atoms with Crippen molar-refractivity contribution in [1.29, 1.82) is 0 Å². The Balaban J connectivity index is 2.06. The lowest BCUT2D eigenvalue weighted by molar-refractivity contribution is 0.193. The Bertz CT molecular complexity index is 494. The van der Waals surface area contributed by atoms with Crippen LogP contribution in [0.4, 0.5) is 0 Å². The van der Waals surface area contributed by atoms with E-state index in [0.29, 0.717) is 5.92 Å². The van der Waals surface area contributed by atoms with Gasteiger partial charge in [0, 0.05) is 29.3 Å². The summed E-state index contributed by atoms with van der Waals surface area (Å²) >= 11 is 1.77. The van der Waals surface area contributed by atoms with Gasteiger partial charge in [0.2, 0.25) is 0 Å². The van der Waals surface area contributed by atoms with Gasteiger partial charge in [-0.15, -0.1) is 11.3 Å². The van der Waals surface area contributed by atoms with E-state index in [4.69, 9.17) is 4.74 Å². The third kappa shape index (κ3) is 1.40. The van der Waals surface area contributed by atoms with Gasteiger partial charge in [0.1, 0.15) is 0 Å². The molecule has 80 valence electrons. The van der Waals surface area contributed by atoms with Crippen LogP contribution in [0.1, 0.15) is 28.6 Å². The van der Waals surface area contributed by atoms with Crippen molar-refractivity contribution >= 4 is 16.3 Å². The summed E-state index contributed by atoms with van der Waals surface area (Å²) in [5, 5.41) is 0. The first-order chi connectivity index (χ1) is 7.25. The quantitative estimate of drug-likeness (QED) is 0.741. The summed E-state index contributed by atoms with van der Waals surface area (Å²) in [6, 6.07) is 0. The maximum absolute atomic E-state index is 5.39. The van der Waals surface area contributed by atoms with Gasteiger partial charge < -0.3 is 4.74 Å². The zero-order valence-corrected chi connectivity index (χ0v) is 9.80. The fourth-order valence-electron chi connectivity index (χ4n) is 2.04. The fraction of sp³-hybridized carbons (Fsp3) is 0.545. The van der Waals surface area contributed by atoms with E-state index in [1.807, 2.05) is 0 Å². The van der Waals surface area contributed by atoms with Crippen LogP contribution in [0, 0.1) is 13.8 Å². The minimum atomic E-state index is 0.511. The highest BCUT2D eigenvalue weighted by atomic mass is 32.1. The third-order valence-electron chi connectivity index (χ3n) is 3.16. The summed E-state index contributed by atoms with van der Waals surface area (Å²) in [4.78, 5) is 7.15. The molecule has 0 bridgehead atoms. The molecule has 1 saturated heterocycles. The van der Waals surface area contributed by atoms with Crippen LogP contribution in [0.5, 0.6) is 0 Å². The first kappa shape index (κ1) is 9.36. The second kappa shape index (κ2) is 3.32. The molecule has 0 amide bonds. The highest BCUT2D eigenvalue weighted by Crippen LogP contribution is 2.28. The average molecular weight is 222 g/mol. The van der Waals surface area contributed by atoms with Crippen LogP contribution < -0.4 is 0 Å². The summed E-state index contributed by atoms with van der Waals surface area (Å²) in [6.07, 6.45) is 3.29. The number of imidazole rings is 1. The van der Waals surface area contributed by atoms with Gasteiger partial charge in [-0.2, -0.15) is 0 Å². The second-order valence-corrected chi connectivity index (χ2v) is 5.30. The monoisotopic (exact) mass is 222 g/mol. The molecule has 15 heavy (non-hydrogen) atoms. The highest BCUT2D eigenvalue weighted by molar-refractivity contribution is 7.17. The summed E-state index contributed by atoms with van der Waals surface area (Å²) in [5.74, 6) is 0.511. The minimum Gasteiger partial charge on any atom is -0.381 e. The largest absolute Gasteiger partial charge is 0.381 e. The SMILES string of the molecule is Cc1sc2nc(C3CCOC3)cn2c1C. The van der Waals surface area contributed by atoms with E-state index in [0.717, 1.165) is 24.6 Å². The van der Waals surface area contributed by atoms with Gasteiger partial charge in [-0.1, -0.05) is 0 Å². The number of aromatic nitrogens is 2. The van der Waals surface area contributed by atoms with E-state index < -0.39 is 0 Å². The van der Waals surface area contributed by atoms with Crippen molar-refractivity contribution in [3.05, 3.63) is 22.5 Å². The van der Waals surface area contributed by atoms with Crippen LogP contribution in [-0.2, 0) is 4.74 Å². The van der Waals surface area contributed by atoms with Crippen LogP contribution in [-0.4, -0.2) is 22.6 Å². The molecule has 1 aliphatic rings. The van der Waals surface area contributed by atoms with Gasteiger partial charge in [0.25, 0.3) is 0 Å². The zero-order chi connectivity index (χ0) is 10.4. The number of rotatable bonds is 1.